The van der Waals surface area contributed by atoms with Crippen molar-refractivity contribution in [2.75, 3.05) is 5.32 Å². The van der Waals surface area contributed by atoms with E-state index >= 15 is 0 Å². The van der Waals surface area contributed by atoms with Gasteiger partial charge in [0.05, 0.1) is 0 Å². The number of aryl methyl sites for hydroxylation is 1. The normalized spacial score (nSPS) is 11.9. The Balaban J connectivity index is 2.26. The Bertz CT molecular complexity index is 583. The molecule has 0 aliphatic rings. The van der Waals surface area contributed by atoms with Gasteiger partial charge in [0.15, 0.2) is 0 Å². The van der Waals surface area contributed by atoms with Crippen molar-refractivity contribution in [3.63, 3.8) is 0 Å². The summed E-state index contributed by atoms with van der Waals surface area (Å²) in [6.45, 7) is 2.01. The van der Waals surface area contributed by atoms with Gasteiger partial charge in [0.25, 0.3) is 0 Å². The number of halogens is 1. The number of carbonyl (C=O) groups is 1. The fourth-order valence-electron chi connectivity index (χ4n) is 1.72. The van der Waals surface area contributed by atoms with E-state index in [-0.39, 0.29) is 0 Å². The zero-order chi connectivity index (χ0) is 13.8. The molecule has 1 aromatic carbocycles. The van der Waals surface area contributed by atoms with Gasteiger partial charge in [-0.1, -0.05) is 17.7 Å². The molecule has 0 bridgehead atoms. The van der Waals surface area contributed by atoms with Crippen molar-refractivity contribution in [3.05, 3.63) is 58.3 Å². The van der Waals surface area contributed by atoms with Gasteiger partial charge in [0.1, 0.15) is 6.04 Å². The smallest absolute Gasteiger partial charge is 0.244 e. The van der Waals surface area contributed by atoms with Crippen molar-refractivity contribution >= 4 is 27.5 Å². The highest BCUT2D eigenvalue weighted by molar-refractivity contribution is 9.10. The molecule has 1 atom stereocenters. The number of primary amides is 1. The molecule has 19 heavy (non-hydrogen) atoms. The van der Waals surface area contributed by atoms with Gasteiger partial charge in [0, 0.05) is 28.1 Å². The van der Waals surface area contributed by atoms with Crippen molar-refractivity contribution in [3.8, 4) is 0 Å². The number of carbonyl (C=O) groups excluding carboxylic acids is 1. The van der Waals surface area contributed by atoms with Crippen molar-refractivity contribution in [2.24, 2.45) is 5.73 Å². The van der Waals surface area contributed by atoms with Gasteiger partial charge in [-0.3, -0.25) is 9.78 Å². The lowest BCUT2D eigenvalue weighted by Crippen LogP contribution is -2.27. The van der Waals surface area contributed by atoms with E-state index in [2.05, 4.69) is 26.2 Å². The first-order valence-electron chi connectivity index (χ1n) is 5.79. The van der Waals surface area contributed by atoms with E-state index in [1.54, 1.807) is 12.4 Å². The molecule has 98 valence electrons. The summed E-state index contributed by atoms with van der Waals surface area (Å²) in [4.78, 5) is 15.6. The van der Waals surface area contributed by atoms with Gasteiger partial charge in [-0.25, -0.2) is 0 Å². The van der Waals surface area contributed by atoms with Gasteiger partial charge in [0.2, 0.25) is 5.91 Å². The minimum Gasteiger partial charge on any atom is -0.370 e. The standard InChI is InChI=1S/C14H14BrN3O/c1-9-2-4-12(5-3-9)18-13(14(16)19)10-6-11(15)8-17-7-10/h2-8,13,18H,1H3,(H2,16,19). The van der Waals surface area contributed by atoms with E-state index in [1.807, 2.05) is 37.3 Å². The monoisotopic (exact) mass is 319 g/mol. The summed E-state index contributed by atoms with van der Waals surface area (Å²) in [7, 11) is 0. The second-order valence-corrected chi connectivity index (χ2v) is 5.20. The van der Waals surface area contributed by atoms with Crippen LogP contribution in [-0.2, 0) is 4.79 Å². The number of hydrogen-bond donors (Lipinski definition) is 2. The first kappa shape index (κ1) is 13.5. The quantitative estimate of drug-likeness (QED) is 0.910. The largest absolute Gasteiger partial charge is 0.370 e. The molecule has 1 amide bonds. The summed E-state index contributed by atoms with van der Waals surface area (Å²) in [6.07, 6.45) is 3.29. The van der Waals surface area contributed by atoms with E-state index in [4.69, 9.17) is 5.73 Å². The van der Waals surface area contributed by atoms with Crippen LogP contribution in [-0.4, -0.2) is 10.9 Å². The van der Waals surface area contributed by atoms with Crippen LogP contribution < -0.4 is 11.1 Å². The Kier molecular flexibility index (Phi) is 4.16. The molecular formula is C14H14BrN3O. The summed E-state index contributed by atoms with van der Waals surface area (Å²) in [5.41, 5.74) is 8.18. The molecule has 0 fully saturated rings. The average Bonchev–Trinajstić information content (AvgIpc) is 2.37. The van der Waals surface area contributed by atoms with E-state index in [1.165, 1.54) is 0 Å². The molecule has 3 N–H and O–H groups in total. The van der Waals surface area contributed by atoms with Gasteiger partial charge >= 0.3 is 0 Å². The van der Waals surface area contributed by atoms with Crippen LogP contribution in [0.4, 0.5) is 5.69 Å². The second-order valence-electron chi connectivity index (χ2n) is 4.28. The Morgan fingerprint density at radius 3 is 2.58 bits per heavy atom. The van der Waals surface area contributed by atoms with Crippen LogP contribution >= 0.6 is 15.9 Å². The number of benzene rings is 1. The van der Waals surface area contributed by atoms with Crippen molar-refractivity contribution in [1.82, 2.24) is 4.98 Å². The SMILES string of the molecule is Cc1ccc(NC(C(N)=O)c2cncc(Br)c2)cc1. The molecule has 0 saturated heterocycles. The van der Waals surface area contributed by atoms with Gasteiger partial charge < -0.3 is 11.1 Å². The second kappa shape index (κ2) is 5.84. The van der Waals surface area contributed by atoms with E-state index in [0.717, 1.165) is 21.3 Å². The third-order valence-corrected chi connectivity index (χ3v) is 3.14. The molecule has 5 heteroatoms. The maximum atomic E-state index is 11.6. The van der Waals surface area contributed by atoms with Crippen LogP contribution in [0.25, 0.3) is 0 Å². The van der Waals surface area contributed by atoms with E-state index < -0.39 is 11.9 Å². The maximum Gasteiger partial charge on any atom is 0.244 e. The average molecular weight is 320 g/mol. The molecule has 0 aliphatic heterocycles. The lowest BCUT2D eigenvalue weighted by molar-refractivity contribution is -0.118. The number of nitrogens with one attached hydrogen (secondary N) is 1. The first-order valence-corrected chi connectivity index (χ1v) is 6.58. The van der Waals surface area contributed by atoms with Crippen LogP contribution in [0.2, 0.25) is 0 Å². The van der Waals surface area contributed by atoms with Gasteiger partial charge in [-0.15, -0.1) is 0 Å². The Hall–Kier alpha value is -1.88. The van der Waals surface area contributed by atoms with E-state index in [9.17, 15) is 4.79 Å². The topological polar surface area (TPSA) is 68.0 Å². The van der Waals surface area contributed by atoms with Crippen molar-refractivity contribution in [2.45, 2.75) is 13.0 Å². The molecule has 1 aromatic heterocycles. The zero-order valence-electron chi connectivity index (χ0n) is 10.4. The zero-order valence-corrected chi connectivity index (χ0v) is 12.0. The third-order valence-electron chi connectivity index (χ3n) is 2.71. The Labute approximate surface area is 120 Å². The molecule has 1 heterocycles. The van der Waals surface area contributed by atoms with Crippen LogP contribution in [0.15, 0.2) is 47.2 Å². The summed E-state index contributed by atoms with van der Waals surface area (Å²) in [6, 6.07) is 8.99. The Morgan fingerprint density at radius 1 is 1.32 bits per heavy atom. The highest BCUT2D eigenvalue weighted by Gasteiger charge is 2.18. The number of anilines is 1. The summed E-state index contributed by atoms with van der Waals surface area (Å²) in [5.74, 6) is -0.444. The van der Waals surface area contributed by atoms with Crippen LogP contribution in [0.3, 0.4) is 0 Å². The number of hydrogen-bond acceptors (Lipinski definition) is 3. The Morgan fingerprint density at radius 2 is 2.00 bits per heavy atom. The van der Waals surface area contributed by atoms with Crippen LogP contribution in [0.5, 0.6) is 0 Å². The minimum atomic E-state index is -0.604. The molecule has 4 nitrogen and oxygen atoms in total. The highest BCUT2D eigenvalue weighted by Crippen LogP contribution is 2.21. The lowest BCUT2D eigenvalue weighted by Gasteiger charge is -2.17. The molecular weight excluding hydrogens is 306 g/mol. The van der Waals surface area contributed by atoms with Crippen LogP contribution in [0, 0.1) is 6.92 Å². The lowest BCUT2D eigenvalue weighted by atomic mass is 10.1. The van der Waals surface area contributed by atoms with Gasteiger partial charge in [-0.05, 0) is 41.1 Å². The maximum absolute atomic E-state index is 11.6. The number of pyridine rings is 1. The molecule has 0 aliphatic carbocycles. The summed E-state index contributed by atoms with van der Waals surface area (Å²) < 4.78 is 0.807. The van der Waals surface area contributed by atoms with Crippen molar-refractivity contribution < 1.29 is 4.79 Å². The fourth-order valence-corrected chi connectivity index (χ4v) is 2.10. The number of rotatable bonds is 4. The molecule has 0 spiro atoms. The molecule has 2 aromatic rings. The number of nitrogens with two attached hydrogens (primary N) is 1. The van der Waals surface area contributed by atoms with Crippen LogP contribution in [0.1, 0.15) is 17.2 Å². The van der Waals surface area contributed by atoms with Gasteiger partial charge in [-0.2, -0.15) is 0 Å². The molecule has 1 unspecified atom stereocenters. The molecule has 0 saturated carbocycles. The minimum absolute atomic E-state index is 0.444. The summed E-state index contributed by atoms with van der Waals surface area (Å²) >= 11 is 3.33. The molecule has 2 rings (SSSR count). The predicted molar refractivity (Wildman–Crippen MR) is 78.7 cm³/mol. The number of amides is 1. The predicted octanol–water partition coefficient (Wildman–Crippen LogP) is 2.79. The number of nitrogens with zero attached hydrogens (tertiary/aromatic N) is 1. The first-order chi connectivity index (χ1) is 9.06. The van der Waals surface area contributed by atoms with E-state index in [0.29, 0.717) is 0 Å². The highest BCUT2D eigenvalue weighted by atomic mass is 79.9. The van der Waals surface area contributed by atoms with Crippen molar-refractivity contribution in [1.29, 1.82) is 0 Å². The summed E-state index contributed by atoms with van der Waals surface area (Å²) in [5, 5.41) is 3.11. The fraction of sp³-hybridized carbons (Fsp3) is 0.143. The molecule has 0 radical (unpaired) electrons. The third kappa shape index (κ3) is 3.54. The number of aromatic nitrogens is 1.